The van der Waals surface area contributed by atoms with E-state index in [0.29, 0.717) is 12.0 Å². The Labute approximate surface area is 176 Å². The third-order valence-corrected chi connectivity index (χ3v) is 5.00. The molecule has 3 unspecified atom stereocenters. The molecule has 6 nitrogen and oxygen atoms in total. The summed E-state index contributed by atoms with van der Waals surface area (Å²) >= 11 is 0. The lowest BCUT2D eigenvalue weighted by Crippen LogP contribution is -2.43. The first-order chi connectivity index (χ1) is 14.3. The van der Waals surface area contributed by atoms with Crippen molar-refractivity contribution in [1.29, 1.82) is 0 Å². The van der Waals surface area contributed by atoms with Gasteiger partial charge in [-0.2, -0.15) is 0 Å². The summed E-state index contributed by atoms with van der Waals surface area (Å²) in [6.45, 7) is 6.50. The van der Waals surface area contributed by atoms with Crippen molar-refractivity contribution >= 4 is 17.7 Å². The number of benzene rings is 1. The van der Waals surface area contributed by atoms with Gasteiger partial charge in [0.1, 0.15) is 29.3 Å². The van der Waals surface area contributed by atoms with Crippen molar-refractivity contribution < 1.29 is 28.6 Å². The van der Waals surface area contributed by atoms with Gasteiger partial charge < -0.3 is 14.2 Å². The second-order valence-corrected chi connectivity index (χ2v) is 7.71. The van der Waals surface area contributed by atoms with Crippen LogP contribution in [0.3, 0.4) is 0 Å². The Morgan fingerprint density at radius 1 is 1.07 bits per heavy atom. The van der Waals surface area contributed by atoms with Gasteiger partial charge in [0.2, 0.25) is 0 Å². The molecule has 3 atom stereocenters. The van der Waals surface area contributed by atoms with E-state index in [1.165, 1.54) is 19.9 Å². The zero-order chi connectivity index (χ0) is 21.8. The number of hydrogen-bond acceptors (Lipinski definition) is 6. The molecule has 1 aliphatic heterocycles. The highest BCUT2D eigenvalue weighted by molar-refractivity contribution is 5.87. The number of hydrogen-bond donors (Lipinski definition) is 0. The Kier molecular flexibility index (Phi) is 6.67. The first-order valence-electron chi connectivity index (χ1n) is 9.94. The number of esters is 2. The minimum Gasteiger partial charge on any atom is -0.430 e. The van der Waals surface area contributed by atoms with Gasteiger partial charge in [0.15, 0.2) is 0 Å². The van der Waals surface area contributed by atoms with E-state index in [-0.39, 0.29) is 23.7 Å². The minimum absolute atomic E-state index is 0.0795. The van der Waals surface area contributed by atoms with Crippen molar-refractivity contribution in [2.24, 2.45) is 5.92 Å². The molecule has 0 aromatic heterocycles. The molecular formula is C24H26O6. The van der Waals surface area contributed by atoms with Gasteiger partial charge in [-0.1, -0.05) is 42.0 Å². The zero-order valence-corrected chi connectivity index (χ0v) is 17.6. The average molecular weight is 410 g/mol. The fraction of sp³-hybridized carbons (Fsp3) is 0.375. The van der Waals surface area contributed by atoms with E-state index >= 15 is 0 Å². The summed E-state index contributed by atoms with van der Waals surface area (Å²) in [5.41, 5.74) is 2.66. The zero-order valence-electron chi connectivity index (χ0n) is 17.6. The van der Waals surface area contributed by atoms with Crippen molar-refractivity contribution in [3.05, 3.63) is 70.7 Å². The smallest absolute Gasteiger partial charge is 0.308 e. The lowest BCUT2D eigenvalue weighted by Gasteiger charge is -2.40. The van der Waals surface area contributed by atoms with Gasteiger partial charge in [0, 0.05) is 31.9 Å². The fourth-order valence-electron chi connectivity index (χ4n) is 3.73. The maximum Gasteiger partial charge on any atom is 0.308 e. The molecule has 1 heterocycles. The topological polar surface area (TPSA) is 78.9 Å². The van der Waals surface area contributed by atoms with Gasteiger partial charge >= 0.3 is 11.9 Å². The molecule has 1 fully saturated rings. The third kappa shape index (κ3) is 4.94. The second kappa shape index (κ2) is 9.22. The number of Topliss-reactive ketones (excluding diaryl/α,β-unsaturated/α-hetero) is 1. The Morgan fingerprint density at radius 2 is 1.73 bits per heavy atom. The molecule has 1 aromatic rings. The Hall–Kier alpha value is -2.99. The van der Waals surface area contributed by atoms with Gasteiger partial charge in [-0.05, 0) is 25.8 Å². The highest BCUT2D eigenvalue weighted by atomic mass is 16.6. The number of carbonyl (C=O) groups is 3. The van der Waals surface area contributed by atoms with Crippen LogP contribution in [0.15, 0.2) is 65.1 Å². The van der Waals surface area contributed by atoms with Crippen molar-refractivity contribution in [3.8, 4) is 0 Å². The lowest BCUT2D eigenvalue weighted by atomic mass is 9.79. The van der Waals surface area contributed by atoms with E-state index < -0.39 is 30.1 Å². The number of ketones is 1. The van der Waals surface area contributed by atoms with Crippen LogP contribution < -0.4 is 0 Å². The lowest BCUT2D eigenvalue weighted by molar-refractivity contribution is -0.148. The monoisotopic (exact) mass is 410 g/mol. The molecule has 0 spiro atoms. The van der Waals surface area contributed by atoms with E-state index in [4.69, 9.17) is 14.2 Å². The summed E-state index contributed by atoms with van der Waals surface area (Å²) in [5, 5.41) is 0. The molecule has 6 heteroatoms. The summed E-state index contributed by atoms with van der Waals surface area (Å²) in [7, 11) is 0. The highest BCUT2D eigenvalue weighted by Crippen LogP contribution is 2.43. The maximum atomic E-state index is 13.2. The molecule has 0 N–H and O–H groups in total. The second-order valence-electron chi connectivity index (χ2n) is 7.71. The van der Waals surface area contributed by atoms with Crippen LogP contribution in [0.5, 0.6) is 0 Å². The van der Waals surface area contributed by atoms with Crippen LogP contribution in [-0.2, 0) is 28.6 Å². The molecule has 1 aliphatic carbocycles. The highest BCUT2D eigenvalue weighted by Gasteiger charge is 2.46. The van der Waals surface area contributed by atoms with Crippen molar-refractivity contribution in [2.75, 3.05) is 0 Å². The molecule has 158 valence electrons. The van der Waals surface area contributed by atoms with Gasteiger partial charge in [-0.3, -0.25) is 14.4 Å². The van der Waals surface area contributed by atoms with Gasteiger partial charge in [0.05, 0.1) is 6.10 Å². The van der Waals surface area contributed by atoms with E-state index in [1.807, 2.05) is 50.3 Å². The number of carbonyl (C=O) groups excluding carboxylic acids is 3. The minimum atomic E-state index is -0.756. The summed E-state index contributed by atoms with van der Waals surface area (Å²) in [6.07, 6.45) is 2.95. The summed E-state index contributed by atoms with van der Waals surface area (Å²) in [4.78, 5) is 36.5. The largest absolute Gasteiger partial charge is 0.430 e. The van der Waals surface area contributed by atoms with E-state index in [1.54, 1.807) is 0 Å². The number of fused-ring (bicyclic) bond motifs is 1. The van der Waals surface area contributed by atoms with Crippen LogP contribution in [0.4, 0.5) is 0 Å². The van der Waals surface area contributed by atoms with Gasteiger partial charge in [-0.25, -0.2) is 0 Å². The van der Waals surface area contributed by atoms with Crippen LogP contribution in [0.1, 0.15) is 52.2 Å². The van der Waals surface area contributed by atoms with E-state index in [9.17, 15) is 14.4 Å². The standard InChI is InChI=1S/C24H26O6/c1-14(2)10-11-18-21(28-15(3)25)13-22(29-16(4)26)23-19(27)12-20(30-24(18)23)17-8-6-5-7-9-17/h5-10,13,20,23-24H,11-12H2,1-4H3. The Morgan fingerprint density at radius 3 is 2.33 bits per heavy atom. The normalized spacial score (nSPS) is 23.3. The number of ether oxygens (including phenoxy) is 3. The van der Waals surface area contributed by atoms with Crippen LogP contribution in [-0.4, -0.2) is 23.8 Å². The molecular weight excluding hydrogens is 384 g/mol. The van der Waals surface area contributed by atoms with Crippen molar-refractivity contribution in [2.45, 2.75) is 52.7 Å². The van der Waals surface area contributed by atoms with Crippen molar-refractivity contribution in [1.82, 2.24) is 0 Å². The summed E-state index contributed by atoms with van der Waals surface area (Å²) in [6, 6.07) is 9.51. The van der Waals surface area contributed by atoms with Crippen LogP contribution in [0.2, 0.25) is 0 Å². The molecule has 2 aliphatic rings. The van der Waals surface area contributed by atoms with Crippen LogP contribution in [0.25, 0.3) is 0 Å². The van der Waals surface area contributed by atoms with Crippen LogP contribution >= 0.6 is 0 Å². The van der Waals surface area contributed by atoms with E-state index in [2.05, 4.69) is 0 Å². The third-order valence-electron chi connectivity index (χ3n) is 5.00. The van der Waals surface area contributed by atoms with Crippen LogP contribution in [0, 0.1) is 5.92 Å². The molecule has 1 saturated heterocycles. The van der Waals surface area contributed by atoms with E-state index in [0.717, 1.165) is 11.1 Å². The summed E-state index contributed by atoms with van der Waals surface area (Å²) in [5.74, 6) is -1.47. The maximum absolute atomic E-state index is 13.2. The van der Waals surface area contributed by atoms with Gasteiger partial charge in [0.25, 0.3) is 0 Å². The molecule has 0 amide bonds. The average Bonchev–Trinajstić information content (AvgIpc) is 2.66. The SMILES string of the molecule is CC(=O)OC1=CC(OC(C)=O)=C(CC=C(C)C)C2OC(c3ccccc3)CC(=O)C12. The molecule has 0 bridgehead atoms. The Bertz CT molecular complexity index is 934. The Balaban J connectivity index is 2.08. The van der Waals surface area contributed by atoms with Crippen molar-refractivity contribution in [3.63, 3.8) is 0 Å². The fourth-order valence-corrected chi connectivity index (χ4v) is 3.73. The summed E-state index contributed by atoms with van der Waals surface area (Å²) < 4.78 is 17.1. The molecule has 0 saturated carbocycles. The first kappa shape index (κ1) is 21.7. The quantitative estimate of drug-likeness (QED) is 0.531. The van der Waals surface area contributed by atoms with Gasteiger partial charge in [-0.15, -0.1) is 0 Å². The molecule has 30 heavy (non-hydrogen) atoms. The predicted octanol–water partition coefficient (Wildman–Crippen LogP) is 4.34. The predicted molar refractivity (Wildman–Crippen MR) is 110 cm³/mol. The molecule has 3 rings (SSSR count). The number of allylic oxidation sites excluding steroid dienone is 3. The molecule has 0 radical (unpaired) electrons. The number of rotatable bonds is 5. The molecule has 1 aromatic carbocycles. The first-order valence-corrected chi connectivity index (χ1v) is 9.94.